The summed E-state index contributed by atoms with van der Waals surface area (Å²) >= 11 is 0. The molecule has 21 heavy (non-hydrogen) atoms. The Morgan fingerprint density at radius 2 is 2.05 bits per heavy atom. The summed E-state index contributed by atoms with van der Waals surface area (Å²) in [5.41, 5.74) is 7.70. The Morgan fingerprint density at radius 3 is 2.62 bits per heavy atom. The Hall–Kier alpha value is -2.21. The van der Waals surface area contributed by atoms with Gasteiger partial charge in [-0.25, -0.2) is 9.67 Å². The van der Waals surface area contributed by atoms with E-state index in [0.29, 0.717) is 18.9 Å². The van der Waals surface area contributed by atoms with Gasteiger partial charge in [0.25, 0.3) is 0 Å². The van der Waals surface area contributed by atoms with E-state index in [0.717, 1.165) is 11.3 Å². The minimum absolute atomic E-state index is 0.146. The lowest BCUT2D eigenvalue weighted by Gasteiger charge is -2.14. The summed E-state index contributed by atoms with van der Waals surface area (Å²) in [6.45, 7) is 4.75. The highest BCUT2D eigenvalue weighted by Crippen LogP contribution is 2.12. The Kier molecular flexibility index (Phi) is 5.05. The summed E-state index contributed by atoms with van der Waals surface area (Å²) in [6.07, 6.45) is 3.85. The van der Waals surface area contributed by atoms with E-state index < -0.39 is 6.04 Å². The fourth-order valence-electron chi connectivity index (χ4n) is 2.04. The van der Waals surface area contributed by atoms with Crippen LogP contribution in [0.2, 0.25) is 0 Å². The third-order valence-electron chi connectivity index (χ3n) is 3.09. The molecule has 0 radical (unpaired) electrons. The van der Waals surface area contributed by atoms with Crippen molar-refractivity contribution in [3.8, 4) is 0 Å². The Labute approximate surface area is 124 Å². The largest absolute Gasteiger partial charge is 0.325 e. The number of aromatic nitrogens is 3. The molecule has 1 heterocycles. The Morgan fingerprint density at radius 1 is 1.33 bits per heavy atom. The van der Waals surface area contributed by atoms with Gasteiger partial charge in [-0.1, -0.05) is 26.0 Å². The van der Waals surface area contributed by atoms with Crippen LogP contribution in [-0.2, 0) is 11.3 Å². The van der Waals surface area contributed by atoms with Gasteiger partial charge in [-0.3, -0.25) is 4.79 Å². The van der Waals surface area contributed by atoms with Gasteiger partial charge < -0.3 is 11.1 Å². The Balaban J connectivity index is 1.91. The zero-order valence-electron chi connectivity index (χ0n) is 12.4. The van der Waals surface area contributed by atoms with Gasteiger partial charge in [0.2, 0.25) is 5.91 Å². The van der Waals surface area contributed by atoms with Crippen molar-refractivity contribution in [3.05, 3.63) is 42.5 Å². The van der Waals surface area contributed by atoms with E-state index in [1.165, 1.54) is 6.33 Å². The molecule has 0 saturated heterocycles. The number of carbonyl (C=O) groups is 1. The standard InChI is InChI=1S/C15H21N5O/c1-11(2)7-14(16)15(21)19-13-5-3-12(4-6-13)8-20-10-17-9-18-20/h3-6,9-11,14H,7-8,16H2,1-2H3,(H,19,21)/t14-/m1/s1. The average molecular weight is 287 g/mol. The van der Waals surface area contributed by atoms with Crippen LogP contribution in [0.1, 0.15) is 25.8 Å². The van der Waals surface area contributed by atoms with Gasteiger partial charge >= 0.3 is 0 Å². The number of nitrogens with two attached hydrogens (primary N) is 1. The molecule has 2 aromatic rings. The van der Waals surface area contributed by atoms with Crippen LogP contribution in [0.25, 0.3) is 0 Å². The second-order valence-electron chi connectivity index (χ2n) is 5.52. The van der Waals surface area contributed by atoms with Crippen molar-refractivity contribution < 1.29 is 4.79 Å². The van der Waals surface area contributed by atoms with E-state index >= 15 is 0 Å². The van der Waals surface area contributed by atoms with Crippen molar-refractivity contribution in [2.45, 2.75) is 32.9 Å². The summed E-state index contributed by atoms with van der Waals surface area (Å²) in [7, 11) is 0. The molecule has 0 aliphatic carbocycles. The molecule has 0 unspecified atom stereocenters. The molecule has 6 nitrogen and oxygen atoms in total. The van der Waals surface area contributed by atoms with Crippen LogP contribution in [0.4, 0.5) is 5.69 Å². The minimum Gasteiger partial charge on any atom is -0.325 e. The van der Waals surface area contributed by atoms with Gasteiger partial charge in [0, 0.05) is 5.69 Å². The molecule has 3 N–H and O–H groups in total. The molecule has 1 aromatic carbocycles. The molecule has 6 heteroatoms. The van der Waals surface area contributed by atoms with Crippen molar-refractivity contribution in [3.63, 3.8) is 0 Å². The molecule has 0 aliphatic rings. The van der Waals surface area contributed by atoms with Crippen LogP contribution in [-0.4, -0.2) is 26.7 Å². The van der Waals surface area contributed by atoms with Gasteiger partial charge in [-0.15, -0.1) is 0 Å². The van der Waals surface area contributed by atoms with Crippen LogP contribution in [0.3, 0.4) is 0 Å². The summed E-state index contributed by atoms with van der Waals surface area (Å²) < 4.78 is 1.74. The summed E-state index contributed by atoms with van der Waals surface area (Å²) in [5, 5.41) is 6.89. The summed E-state index contributed by atoms with van der Waals surface area (Å²) in [5.74, 6) is 0.253. The lowest BCUT2D eigenvalue weighted by atomic mass is 10.0. The van der Waals surface area contributed by atoms with Gasteiger partial charge in [-0.05, 0) is 30.0 Å². The van der Waals surface area contributed by atoms with Crippen molar-refractivity contribution in [2.24, 2.45) is 11.7 Å². The Bertz CT molecular complexity index is 562. The maximum Gasteiger partial charge on any atom is 0.241 e. The molecular formula is C15H21N5O. The topological polar surface area (TPSA) is 85.8 Å². The van der Waals surface area contributed by atoms with E-state index in [4.69, 9.17) is 5.73 Å². The first kappa shape index (κ1) is 15.2. The van der Waals surface area contributed by atoms with E-state index in [2.05, 4.69) is 15.4 Å². The first-order valence-electron chi connectivity index (χ1n) is 7.02. The predicted octanol–water partition coefficient (Wildman–Crippen LogP) is 1.64. The molecule has 1 atom stereocenters. The third-order valence-corrected chi connectivity index (χ3v) is 3.09. The first-order chi connectivity index (χ1) is 10.0. The summed E-state index contributed by atoms with van der Waals surface area (Å²) in [4.78, 5) is 15.8. The molecule has 0 saturated carbocycles. The zero-order valence-corrected chi connectivity index (χ0v) is 12.4. The van der Waals surface area contributed by atoms with Crippen LogP contribution in [0.15, 0.2) is 36.9 Å². The maximum atomic E-state index is 11.9. The number of benzene rings is 1. The van der Waals surface area contributed by atoms with Gasteiger partial charge in [0.05, 0.1) is 12.6 Å². The lowest BCUT2D eigenvalue weighted by Crippen LogP contribution is -2.36. The number of nitrogens with zero attached hydrogens (tertiary/aromatic N) is 3. The van der Waals surface area contributed by atoms with Crippen molar-refractivity contribution in [1.29, 1.82) is 0 Å². The molecule has 0 aliphatic heterocycles. The second kappa shape index (κ2) is 6.99. The SMILES string of the molecule is CC(C)C[C@@H](N)C(=O)Nc1ccc(Cn2cncn2)cc1. The lowest BCUT2D eigenvalue weighted by molar-refractivity contribution is -0.117. The fourth-order valence-corrected chi connectivity index (χ4v) is 2.04. The monoisotopic (exact) mass is 287 g/mol. The highest BCUT2D eigenvalue weighted by atomic mass is 16.2. The average Bonchev–Trinajstić information content (AvgIpc) is 2.93. The van der Waals surface area contributed by atoms with E-state index in [1.54, 1.807) is 11.0 Å². The molecule has 1 aromatic heterocycles. The van der Waals surface area contributed by atoms with Crippen molar-refractivity contribution in [2.75, 3.05) is 5.32 Å². The molecular weight excluding hydrogens is 266 g/mol. The van der Waals surface area contributed by atoms with Gasteiger partial charge in [-0.2, -0.15) is 5.10 Å². The van der Waals surface area contributed by atoms with E-state index in [9.17, 15) is 4.79 Å². The van der Waals surface area contributed by atoms with E-state index in [-0.39, 0.29) is 5.91 Å². The molecule has 0 fully saturated rings. The number of rotatable bonds is 6. The highest BCUT2D eigenvalue weighted by Gasteiger charge is 2.14. The minimum atomic E-state index is -0.472. The number of anilines is 1. The van der Waals surface area contributed by atoms with Crippen LogP contribution < -0.4 is 11.1 Å². The van der Waals surface area contributed by atoms with E-state index in [1.807, 2.05) is 38.1 Å². The first-order valence-corrected chi connectivity index (χ1v) is 7.02. The highest BCUT2D eigenvalue weighted by molar-refractivity contribution is 5.94. The quantitative estimate of drug-likeness (QED) is 0.845. The van der Waals surface area contributed by atoms with Crippen LogP contribution in [0, 0.1) is 5.92 Å². The number of hydrogen-bond donors (Lipinski definition) is 2. The van der Waals surface area contributed by atoms with Crippen LogP contribution >= 0.6 is 0 Å². The summed E-state index contributed by atoms with van der Waals surface area (Å²) in [6, 6.07) is 7.16. The van der Waals surface area contributed by atoms with Crippen molar-refractivity contribution >= 4 is 11.6 Å². The maximum absolute atomic E-state index is 11.9. The number of carbonyl (C=O) groups excluding carboxylic acids is 1. The van der Waals surface area contributed by atoms with Gasteiger partial charge in [0.1, 0.15) is 12.7 Å². The number of amides is 1. The normalized spacial score (nSPS) is 12.4. The van der Waals surface area contributed by atoms with Gasteiger partial charge in [0.15, 0.2) is 0 Å². The molecule has 1 amide bonds. The van der Waals surface area contributed by atoms with Crippen molar-refractivity contribution in [1.82, 2.24) is 14.8 Å². The molecule has 112 valence electrons. The molecule has 2 rings (SSSR count). The predicted molar refractivity (Wildman–Crippen MR) is 81.6 cm³/mol. The number of nitrogens with one attached hydrogen (secondary N) is 1. The molecule has 0 bridgehead atoms. The fraction of sp³-hybridized carbons (Fsp3) is 0.400. The smallest absolute Gasteiger partial charge is 0.241 e. The zero-order chi connectivity index (χ0) is 15.2. The second-order valence-corrected chi connectivity index (χ2v) is 5.52. The third kappa shape index (κ3) is 4.68. The number of hydrogen-bond acceptors (Lipinski definition) is 4. The molecule has 0 spiro atoms. The van der Waals surface area contributed by atoms with Crippen LogP contribution in [0.5, 0.6) is 0 Å².